The molecule has 0 unspecified atom stereocenters. The summed E-state index contributed by atoms with van der Waals surface area (Å²) in [5, 5.41) is 0. The molecular formula is C7H7F2NO. The van der Waals surface area contributed by atoms with Crippen LogP contribution in [0.1, 0.15) is 12.0 Å². The molecule has 0 aromatic carbocycles. The molecule has 2 nitrogen and oxygen atoms in total. The summed E-state index contributed by atoms with van der Waals surface area (Å²) in [4.78, 5) is 3.68. The van der Waals surface area contributed by atoms with Crippen molar-refractivity contribution < 1.29 is 13.5 Å². The molecule has 0 atom stereocenters. The standard InChI is InChI=1S/C7H7F2NO/c1-11-6-4-5(7(8)9)2-3-10-6/h2-4,7H,1H3. The lowest BCUT2D eigenvalue weighted by molar-refractivity contribution is 0.151. The number of alkyl halides is 2. The van der Waals surface area contributed by atoms with E-state index in [9.17, 15) is 8.78 Å². The number of halogens is 2. The van der Waals surface area contributed by atoms with E-state index in [0.717, 1.165) is 0 Å². The van der Waals surface area contributed by atoms with Crippen LogP contribution < -0.4 is 4.74 Å². The van der Waals surface area contributed by atoms with E-state index in [2.05, 4.69) is 9.72 Å². The zero-order valence-electron chi connectivity index (χ0n) is 5.92. The maximum absolute atomic E-state index is 12.0. The molecule has 0 aliphatic carbocycles. The first kappa shape index (κ1) is 7.91. The molecule has 0 bridgehead atoms. The molecule has 1 aromatic heterocycles. The normalized spacial score (nSPS) is 10.2. The van der Waals surface area contributed by atoms with Gasteiger partial charge in [0, 0.05) is 17.8 Å². The van der Waals surface area contributed by atoms with Crippen molar-refractivity contribution in [1.82, 2.24) is 4.98 Å². The van der Waals surface area contributed by atoms with Gasteiger partial charge in [0.1, 0.15) is 0 Å². The second kappa shape index (κ2) is 3.27. The Kier molecular flexibility index (Phi) is 2.36. The molecule has 11 heavy (non-hydrogen) atoms. The number of nitrogens with zero attached hydrogens (tertiary/aromatic N) is 1. The Hall–Kier alpha value is -1.19. The van der Waals surface area contributed by atoms with Crippen LogP contribution in [-0.4, -0.2) is 12.1 Å². The minimum absolute atomic E-state index is 0.0724. The van der Waals surface area contributed by atoms with E-state index in [1.54, 1.807) is 0 Å². The Bertz CT molecular complexity index is 240. The molecule has 1 aromatic rings. The summed E-state index contributed by atoms with van der Waals surface area (Å²) in [6.45, 7) is 0. The molecule has 0 saturated heterocycles. The smallest absolute Gasteiger partial charge is 0.264 e. The largest absolute Gasteiger partial charge is 0.481 e. The fraction of sp³-hybridized carbons (Fsp3) is 0.286. The second-order valence-electron chi connectivity index (χ2n) is 1.93. The van der Waals surface area contributed by atoms with Crippen molar-refractivity contribution in [2.24, 2.45) is 0 Å². The summed E-state index contributed by atoms with van der Waals surface area (Å²) in [5.41, 5.74) is -0.0724. The van der Waals surface area contributed by atoms with E-state index in [1.807, 2.05) is 0 Å². The molecule has 4 heteroatoms. The van der Waals surface area contributed by atoms with Gasteiger partial charge in [-0.05, 0) is 6.07 Å². The number of hydrogen-bond donors (Lipinski definition) is 0. The first-order valence-corrected chi connectivity index (χ1v) is 3.02. The lowest BCUT2D eigenvalue weighted by Crippen LogP contribution is -1.90. The van der Waals surface area contributed by atoms with Gasteiger partial charge in [-0.1, -0.05) is 0 Å². The molecule has 0 amide bonds. The van der Waals surface area contributed by atoms with Crippen LogP contribution in [0, 0.1) is 0 Å². The summed E-state index contributed by atoms with van der Waals surface area (Å²) in [5.74, 6) is 0.211. The highest BCUT2D eigenvalue weighted by molar-refractivity contribution is 5.21. The highest BCUT2D eigenvalue weighted by Gasteiger charge is 2.07. The van der Waals surface area contributed by atoms with Crippen molar-refractivity contribution in [1.29, 1.82) is 0 Å². The van der Waals surface area contributed by atoms with E-state index in [1.165, 1.54) is 25.4 Å². The van der Waals surface area contributed by atoms with Gasteiger partial charge in [0.25, 0.3) is 6.43 Å². The first-order valence-electron chi connectivity index (χ1n) is 3.02. The van der Waals surface area contributed by atoms with Crippen molar-refractivity contribution in [2.75, 3.05) is 7.11 Å². The van der Waals surface area contributed by atoms with Gasteiger partial charge < -0.3 is 4.74 Å². The number of rotatable bonds is 2. The van der Waals surface area contributed by atoms with Crippen molar-refractivity contribution >= 4 is 0 Å². The van der Waals surface area contributed by atoms with E-state index in [-0.39, 0.29) is 11.4 Å². The summed E-state index contributed by atoms with van der Waals surface area (Å²) < 4.78 is 28.7. The number of pyridine rings is 1. The lowest BCUT2D eigenvalue weighted by Gasteiger charge is -2.00. The van der Waals surface area contributed by atoms with E-state index in [4.69, 9.17) is 0 Å². The van der Waals surface area contributed by atoms with Gasteiger partial charge in [-0.3, -0.25) is 0 Å². The van der Waals surface area contributed by atoms with Gasteiger partial charge in [-0.2, -0.15) is 0 Å². The molecular weight excluding hydrogens is 152 g/mol. The third-order valence-corrected chi connectivity index (χ3v) is 1.22. The first-order chi connectivity index (χ1) is 5.24. The second-order valence-corrected chi connectivity index (χ2v) is 1.93. The molecule has 0 fully saturated rings. The van der Waals surface area contributed by atoms with E-state index < -0.39 is 6.43 Å². The number of methoxy groups -OCH3 is 1. The Balaban J connectivity index is 2.91. The molecule has 0 radical (unpaired) electrons. The zero-order valence-corrected chi connectivity index (χ0v) is 5.92. The van der Waals surface area contributed by atoms with Crippen LogP contribution >= 0.6 is 0 Å². The molecule has 60 valence electrons. The zero-order chi connectivity index (χ0) is 8.27. The fourth-order valence-corrected chi connectivity index (χ4v) is 0.672. The predicted molar refractivity (Wildman–Crippen MR) is 35.7 cm³/mol. The van der Waals surface area contributed by atoms with Gasteiger partial charge in [0.05, 0.1) is 7.11 Å². The van der Waals surface area contributed by atoms with E-state index in [0.29, 0.717) is 0 Å². The Morgan fingerprint density at radius 1 is 1.55 bits per heavy atom. The summed E-state index contributed by atoms with van der Waals surface area (Å²) in [7, 11) is 1.39. The van der Waals surface area contributed by atoms with Crippen LogP contribution in [0.4, 0.5) is 8.78 Å². The van der Waals surface area contributed by atoms with Crippen molar-refractivity contribution in [3.05, 3.63) is 23.9 Å². The van der Waals surface area contributed by atoms with Crippen molar-refractivity contribution in [2.45, 2.75) is 6.43 Å². The van der Waals surface area contributed by atoms with Gasteiger partial charge in [0.2, 0.25) is 5.88 Å². The van der Waals surface area contributed by atoms with Gasteiger partial charge in [0.15, 0.2) is 0 Å². The number of aromatic nitrogens is 1. The Morgan fingerprint density at radius 3 is 2.82 bits per heavy atom. The highest BCUT2D eigenvalue weighted by atomic mass is 19.3. The monoisotopic (exact) mass is 159 g/mol. The van der Waals surface area contributed by atoms with Crippen LogP contribution in [0.25, 0.3) is 0 Å². The maximum Gasteiger partial charge on any atom is 0.264 e. The average Bonchev–Trinajstić information content (AvgIpc) is 2.05. The molecule has 1 rings (SSSR count). The number of hydrogen-bond acceptors (Lipinski definition) is 2. The van der Waals surface area contributed by atoms with Crippen LogP contribution in [-0.2, 0) is 0 Å². The third kappa shape index (κ3) is 1.86. The van der Waals surface area contributed by atoms with Crippen molar-refractivity contribution in [3.63, 3.8) is 0 Å². The summed E-state index contributed by atoms with van der Waals surface area (Å²) in [6, 6.07) is 2.47. The van der Waals surface area contributed by atoms with Crippen molar-refractivity contribution in [3.8, 4) is 5.88 Å². The van der Waals surface area contributed by atoms with Crippen LogP contribution in [0.3, 0.4) is 0 Å². The average molecular weight is 159 g/mol. The molecule has 0 N–H and O–H groups in total. The molecule has 0 aliphatic rings. The molecule has 1 heterocycles. The lowest BCUT2D eigenvalue weighted by atomic mass is 10.3. The maximum atomic E-state index is 12.0. The minimum Gasteiger partial charge on any atom is -0.481 e. The molecule has 0 saturated carbocycles. The van der Waals surface area contributed by atoms with Crippen LogP contribution in [0.5, 0.6) is 5.88 Å². The number of ether oxygens (including phenoxy) is 1. The topological polar surface area (TPSA) is 22.1 Å². The molecule has 0 spiro atoms. The predicted octanol–water partition coefficient (Wildman–Crippen LogP) is 2.03. The fourth-order valence-electron chi connectivity index (χ4n) is 0.672. The quantitative estimate of drug-likeness (QED) is 0.658. The Morgan fingerprint density at radius 2 is 2.27 bits per heavy atom. The Labute approximate surface area is 62.8 Å². The van der Waals surface area contributed by atoms with Gasteiger partial charge in [-0.25, -0.2) is 13.8 Å². The summed E-state index contributed by atoms with van der Waals surface area (Å²) in [6.07, 6.45) is -1.17. The highest BCUT2D eigenvalue weighted by Crippen LogP contribution is 2.20. The van der Waals surface area contributed by atoms with Gasteiger partial charge in [-0.15, -0.1) is 0 Å². The summed E-state index contributed by atoms with van der Waals surface area (Å²) >= 11 is 0. The third-order valence-electron chi connectivity index (χ3n) is 1.22. The molecule has 0 aliphatic heterocycles. The van der Waals surface area contributed by atoms with Gasteiger partial charge >= 0.3 is 0 Å². The van der Waals surface area contributed by atoms with E-state index >= 15 is 0 Å². The SMILES string of the molecule is COc1cc(C(F)F)ccn1. The van der Waals surface area contributed by atoms with Crippen LogP contribution in [0.2, 0.25) is 0 Å². The van der Waals surface area contributed by atoms with Crippen LogP contribution in [0.15, 0.2) is 18.3 Å². The minimum atomic E-state index is -2.47.